The van der Waals surface area contributed by atoms with Crippen LogP contribution in [0.3, 0.4) is 0 Å². The number of aryl methyl sites for hydroxylation is 2. The Labute approximate surface area is 125 Å². The molecule has 1 aromatic carbocycles. The molecule has 0 aliphatic rings. The summed E-state index contributed by atoms with van der Waals surface area (Å²) in [6, 6.07) is 7.79. The number of pyridine rings is 1. The van der Waals surface area contributed by atoms with Crippen LogP contribution in [-0.4, -0.2) is 28.4 Å². The van der Waals surface area contributed by atoms with E-state index in [0.29, 0.717) is 5.88 Å². The fraction of sp³-hybridized carbons (Fsp3) is 0.353. The topological polar surface area (TPSA) is 62.6 Å². The second kappa shape index (κ2) is 6.70. The maximum atomic E-state index is 9.41. The predicted octanol–water partition coefficient (Wildman–Crippen LogP) is 2.54. The molecule has 0 saturated carbocycles. The second-order valence-electron chi connectivity index (χ2n) is 5.06. The summed E-state index contributed by atoms with van der Waals surface area (Å²) >= 11 is 0. The van der Waals surface area contributed by atoms with E-state index < -0.39 is 0 Å². The minimum Gasteiger partial charge on any atom is -0.475 e. The Bertz CT molecular complexity index is 615. The van der Waals surface area contributed by atoms with Crippen molar-refractivity contribution < 1.29 is 14.9 Å². The van der Waals surface area contributed by atoms with Crippen molar-refractivity contribution in [3.63, 3.8) is 0 Å². The first-order valence-corrected chi connectivity index (χ1v) is 7.00. The van der Waals surface area contributed by atoms with Gasteiger partial charge >= 0.3 is 0 Å². The monoisotopic (exact) mass is 287 g/mol. The van der Waals surface area contributed by atoms with Crippen molar-refractivity contribution in [2.24, 2.45) is 0 Å². The van der Waals surface area contributed by atoms with Crippen molar-refractivity contribution in [2.75, 3.05) is 13.2 Å². The van der Waals surface area contributed by atoms with Gasteiger partial charge in [0.15, 0.2) is 0 Å². The Morgan fingerprint density at radius 2 is 1.90 bits per heavy atom. The zero-order valence-corrected chi connectivity index (χ0v) is 12.7. The van der Waals surface area contributed by atoms with Crippen LogP contribution in [0.2, 0.25) is 0 Å². The molecule has 2 N–H and O–H groups in total. The quantitative estimate of drug-likeness (QED) is 0.887. The van der Waals surface area contributed by atoms with Gasteiger partial charge in [0.25, 0.3) is 0 Å². The van der Waals surface area contributed by atoms with Gasteiger partial charge in [-0.1, -0.05) is 18.2 Å². The van der Waals surface area contributed by atoms with Crippen molar-refractivity contribution in [3.05, 3.63) is 46.6 Å². The van der Waals surface area contributed by atoms with Gasteiger partial charge in [0.05, 0.1) is 13.2 Å². The molecule has 0 saturated heterocycles. The highest BCUT2D eigenvalue weighted by atomic mass is 16.5. The van der Waals surface area contributed by atoms with E-state index in [4.69, 9.17) is 9.84 Å². The third-order valence-corrected chi connectivity index (χ3v) is 3.60. The van der Waals surface area contributed by atoms with Gasteiger partial charge in [-0.2, -0.15) is 0 Å². The standard InChI is InChI=1S/C17H21NO3/c1-11-9-16(21-8-7-19)18-13(3)17(11)15-6-4-5-14(10-20)12(15)2/h4-6,9,19-20H,7-8,10H2,1-3H3. The number of aliphatic hydroxyl groups excluding tert-OH is 2. The number of aliphatic hydroxyl groups is 2. The Kier molecular flexibility index (Phi) is 4.94. The maximum Gasteiger partial charge on any atom is 0.213 e. The first kappa shape index (κ1) is 15.5. The van der Waals surface area contributed by atoms with Crippen LogP contribution in [0.5, 0.6) is 5.88 Å². The zero-order valence-electron chi connectivity index (χ0n) is 12.7. The summed E-state index contributed by atoms with van der Waals surface area (Å²) in [7, 11) is 0. The lowest BCUT2D eigenvalue weighted by Crippen LogP contribution is -2.05. The van der Waals surface area contributed by atoms with Crippen molar-refractivity contribution in [1.29, 1.82) is 0 Å². The number of hydrogen-bond donors (Lipinski definition) is 2. The highest BCUT2D eigenvalue weighted by Crippen LogP contribution is 2.32. The van der Waals surface area contributed by atoms with E-state index in [-0.39, 0.29) is 19.8 Å². The SMILES string of the molecule is Cc1cc(OCCO)nc(C)c1-c1cccc(CO)c1C. The smallest absolute Gasteiger partial charge is 0.213 e. The maximum absolute atomic E-state index is 9.41. The molecule has 0 aliphatic carbocycles. The Morgan fingerprint density at radius 3 is 2.52 bits per heavy atom. The molecule has 0 atom stereocenters. The third-order valence-electron chi connectivity index (χ3n) is 3.60. The van der Waals surface area contributed by atoms with Gasteiger partial charge in [-0.25, -0.2) is 4.98 Å². The van der Waals surface area contributed by atoms with Crippen LogP contribution < -0.4 is 4.74 Å². The molecule has 1 aromatic heterocycles. The summed E-state index contributed by atoms with van der Waals surface area (Å²) in [4.78, 5) is 4.45. The first-order valence-electron chi connectivity index (χ1n) is 7.00. The summed E-state index contributed by atoms with van der Waals surface area (Å²) < 4.78 is 5.38. The van der Waals surface area contributed by atoms with Crippen LogP contribution in [0, 0.1) is 20.8 Å². The molecule has 0 radical (unpaired) electrons. The average Bonchev–Trinajstić information content (AvgIpc) is 2.46. The van der Waals surface area contributed by atoms with E-state index in [9.17, 15) is 5.11 Å². The van der Waals surface area contributed by atoms with Gasteiger partial charge in [0.1, 0.15) is 6.61 Å². The van der Waals surface area contributed by atoms with Crippen LogP contribution in [-0.2, 0) is 6.61 Å². The highest BCUT2D eigenvalue weighted by Gasteiger charge is 2.13. The third kappa shape index (κ3) is 3.23. The number of nitrogens with zero attached hydrogens (tertiary/aromatic N) is 1. The first-order chi connectivity index (χ1) is 10.1. The summed E-state index contributed by atoms with van der Waals surface area (Å²) in [6.45, 7) is 6.21. The van der Waals surface area contributed by atoms with Crippen LogP contribution >= 0.6 is 0 Å². The van der Waals surface area contributed by atoms with Gasteiger partial charge in [0, 0.05) is 17.3 Å². The number of hydrogen-bond acceptors (Lipinski definition) is 4. The van der Waals surface area contributed by atoms with Gasteiger partial charge in [0.2, 0.25) is 5.88 Å². The molecule has 2 rings (SSSR count). The number of rotatable bonds is 5. The van der Waals surface area contributed by atoms with Crippen molar-refractivity contribution >= 4 is 0 Å². The number of ether oxygens (including phenoxy) is 1. The highest BCUT2D eigenvalue weighted by molar-refractivity contribution is 5.73. The van der Waals surface area contributed by atoms with Crippen LogP contribution in [0.25, 0.3) is 11.1 Å². The van der Waals surface area contributed by atoms with Crippen molar-refractivity contribution in [1.82, 2.24) is 4.98 Å². The van der Waals surface area contributed by atoms with Gasteiger partial charge in [-0.05, 0) is 43.0 Å². The molecular formula is C17H21NO3. The molecular weight excluding hydrogens is 266 g/mol. The summed E-state index contributed by atoms with van der Waals surface area (Å²) in [6.07, 6.45) is 0. The van der Waals surface area contributed by atoms with E-state index in [1.165, 1.54) is 0 Å². The molecule has 21 heavy (non-hydrogen) atoms. The average molecular weight is 287 g/mol. The van der Waals surface area contributed by atoms with Crippen molar-refractivity contribution in [3.8, 4) is 17.0 Å². The molecule has 0 aliphatic heterocycles. The lowest BCUT2D eigenvalue weighted by molar-refractivity contribution is 0.196. The molecule has 4 nitrogen and oxygen atoms in total. The van der Waals surface area contributed by atoms with Gasteiger partial charge < -0.3 is 14.9 Å². The van der Waals surface area contributed by atoms with E-state index >= 15 is 0 Å². The zero-order chi connectivity index (χ0) is 15.4. The van der Waals surface area contributed by atoms with Crippen molar-refractivity contribution in [2.45, 2.75) is 27.4 Å². The van der Waals surface area contributed by atoms with Crippen LogP contribution in [0.4, 0.5) is 0 Å². The number of aromatic nitrogens is 1. The van der Waals surface area contributed by atoms with E-state index in [0.717, 1.165) is 33.5 Å². The lowest BCUT2D eigenvalue weighted by Gasteiger charge is -2.16. The van der Waals surface area contributed by atoms with Gasteiger partial charge in [-0.15, -0.1) is 0 Å². The van der Waals surface area contributed by atoms with E-state index in [1.54, 1.807) is 0 Å². The Balaban J connectivity index is 2.50. The van der Waals surface area contributed by atoms with E-state index in [1.807, 2.05) is 45.0 Å². The number of benzene rings is 1. The molecule has 1 heterocycles. The predicted molar refractivity (Wildman–Crippen MR) is 82.4 cm³/mol. The molecule has 0 spiro atoms. The molecule has 0 bridgehead atoms. The normalized spacial score (nSPS) is 10.7. The Morgan fingerprint density at radius 1 is 1.14 bits per heavy atom. The van der Waals surface area contributed by atoms with Crippen LogP contribution in [0.15, 0.2) is 24.3 Å². The summed E-state index contributed by atoms with van der Waals surface area (Å²) in [5.41, 5.74) is 6.08. The summed E-state index contributed by atoms with van der Waals surface area (Å²) in [5, 5.41) is 18.2. The molecule has 2 aromatic rings. The Hall–Kier alpha value is -1.91. The fourth-order valence-corrected chi connectivity index (χ4v) is 2.55. The minimum atomic E-state index is -0.0286. The molecule has 0 unspecified atom stereocenters. The largest absolute Gasteiger partial charge is 0.475 e. The van der Waals surface area contributed by atoms with E-state index in [2.05, 4.69) is 4.98 Å². The molecule has 4 heteroatoms. The second-order valence-corrected chi connectivity index (χ2v) is 5.06. The lowest BCUT2D eigenvalue weighted by atomic mass is 9.93. The molecule has 0 fully saturated rings. The minimum absolute atomic E-state index is 0.0286. The summed E-state index contributed by atoms with van der Waals surface area (Å²) in [5.74, 6) is 0.527. The molecule has 112 valence electrons. The fourth-order valence-electron chi connectivity index (χ4n) is 2.55. The molecule has 0 amide bonds. The van der Waals surface area contributed by atoms with Crippen LogP contribution in [0.1, 0.15) is 22.4 Å². The van der Waals surface area contributed by atoms with Gasteiger partial charge in [-0.3, -0.25) is 0 Å².